The SMILES string of the molecule is C/C=C(\c1cc(F)ccc1C)C(CC)CC1CCC(CN)CC1. The van der Waals surface area contributed by atoms with E-state index in [-0.39, 0.29) is 5.82 Å². The molecule has 1 aromatic rings. The third-order valence-corrected chi connectivity index (χ3v) is 5.67. The van der Waals surface area contributed by atoms with Gasteiger partial charge in [-0.05, 0) is 92.7 Å². The minimum atomic E-state index is -0.136. The average molecular weight is 317 g/mol. The number of hydrogen-bond acceptors (Lipinski definition) is 1. The lowest BCUT2D eigenvalue weighted by Gasteiger charge is -2.31. The van der Waals surface area contributed by atoms with Crippen LogP contribution in [0.4, 0.5) is 4.39 Å². The molecule has 2 heteroatoms. The quantitative estimate of drug-likeness (QED) is 0.713. The van der Waals surface area contributed by atoms with Gasteiger partial charge in [-0.2, -0.15) is 0 Å². The lowest BCUT2D eigenvalue weighted by Crippen LogP contribution is -2.23. The molecule has 0 saturated heterocycles. The van der Waals surface area contributed by atoms with Crippen molar-refractivity contribution in [2.45, 2.75) is 59.3 Å². The molecule has 0 radical (unpaired) electrons. The Morgan fingerprint density at radius 1 is 1.26 bits per heavy atom. The molecule has 0 spiro atoms. The van der Waals surface area contributed by atoms with Crippen molar-refractivity contribution in [3.8, 4) is 0 Å². The average Bonchev–Trinajstić information content (AvgIpc) is 2.58. The Morgan fingerprint density at radius 3 is 2.48 bits per heavy atom. The van der Waals surface area contributed by atoms with Gasteiger partial charge in [-0.1, -0.05) is 31.9 Å². The molecule has 0 aliphatic heterocycles. The van der Waals surface area contributed by atoms with Gasteiger partial charge in [0.05, 0.1) is 0 Å². The van der Waals surface area contributed by atoms with Crippen molar-refractivity contribution in [1.29, 1.82) is 0 Å². The van der Waals surface area contributed by atoms with Gasteiger partial charge in [-0.15, -0.1) is 0 Å². The maximum atomic E-state index is 13.7. The zero-order valence-corrected chi connectivity index (χ0v) is 14.9. The highest BCUT2D eigenvalue weighted by molar-refractivity contribution is 5.69. The van der Waals surface area contributed by atoms with E-state index in [1.54, 1.807) is 12.1 Å². The predicted molar refractivity (Wildman–Crippen MR) is 97.7 cm³/mol. The van der Waals surface area contributed by atoms with E-state index in [2.05, 4.69) is 26.8 Å². The molecule has 1 aliphatic carbocycles. The van der Waals surface area contributed by atoms with Gasteiger partial charge in [-0.3, -0.25) is 0 Å². The van der Waals surface area contributed by atoms with Gasteiger partial charge >= 0.3 is 0 Å². The van der Waals surface area contributed by atoms with Crippen molar-refractivity contribution < 1.29 is 4.39 Å². The Morgan fingerprint density at radius 2 is 1.91 bits per heavy atom. The van der Waals surface area contributed by atoms with Crippen LogP contribution >= 0.6 is 0 Å². The minimum absolute atomic E-state index is 0.136. The fraction of sp³-hybridized carbons (Fsp3) is 0.619. The third-order valence-electron chi connectivity index (χ3n) is 5.67. The Kier molecular flexibility index (Phi) is 6.83. The Balaban J connectivity index is 2.10. The van der Waals surface area contributed by atoms with Gasteiger partial charge in [0.1, 0.15) is 5.82 Å². The van der Waals surface area contributed by atoms with Crippen LogP contribution in [0.5, 0.6) is 0 Å². The van der Waals surface area contributed by atoms with Gasteiger partial charge < -0.3 is 5.73 Å². The second-order valence-corrected chi connectivity index (χ2v) is 7.17. The van der Waals surface area contributed by atoms with Crippen LogP contribution in [0.25, 0.3) is 5.57 Å². The summed E-state index contributed by atoms with van der Waals surface area (Å²) in [4.78, 5) is 0. The first-order chi connectivity index (χ1) is 11.1. The molecule has 2 rings (SSSR count). The molecule has 1 aliphatic rings. The summed E-state index contributed by atoms with van der Waals surface area (Å²) in [5.41, 5.74) is 9.40. The monoisotopic (exact) mass is 317 g/mol. The Hall–Kier alpha value is -1.15. The maximum Gasteiger partial charge on any atom is 0.123 e. The van der Waals surface area contributed by atoms with Crippen LogP contribution in [0, 0.1) is 30.5 Å². The molecule has 2 N–H and O–H groups in total. The summed E-state index contributed by atoms with van der Waals surface area (Å²) in [6.07, 6.45) is 9.70. The molecule has 0 heterocycles. The highest BCUT2D eigenvalue weighted by Crippen LogP contribution is 2.38. The molecule has 1 unspecified atom stereocenters. The van der Waals surface area contributed by atoms with Crippen molar-refractivity contribution in [1.82, 2.24) is 0 Å². The highest BCUT2D eigenvalue weighted by Gasteiger charge is 2.25. The van der Waals surface area contributed by atoms with Crippen LogP contribution in [0.2, 0.25) is 0 Å². The third kappa shape index (κ3) is 4.67. The van der Waals surface area contributed by atoms with E-state index < -0.39 is 0 Å². The highest BCUT2D eigenvalue weighted by atomic mass is 19.1. The van der Waals surface area contributed by atoms with E-state index in [0.29, 0.717) is 5.92 Å². The number of aryl methyl sites for hydroxylation is 1. The molecule has 0 amide bonds. The van der Waals surface area contributed by atoms with E-state index in [1.165, 1.54) is 43.2 Å². The number of hydrogen-bond donors (Lipinski definition) is 1. The second kappa shape index (κ2) is 8.63. The first-order valence-corrected chi connectivity index (χ1v) is 9.21. The van der Waals surface area contributed by atoms with Crippen LogP contribution in [0.1, 0.15) is 63.5 Å². The van der Waals surface area contributed by atoms with Crippen LogP contribution in [0.15, 0.2) is 24.3 Å². The normalized spacial score (nSPS) is 23.8. The van der Waals surface area contributed by atoms with Gasteiger partial charge in [0, 0.05) is 0 Å². The molecule has 1 atom stereocenters. The lowest BCUT2D eigenvalue weighted by molar-refractivity contribution is 0.251. The summed E-state index contributed by atoms with van der Waals surface area (Å²) in [6.45, 7) is 7.27. The summed E-state index contributed by atoms with van der Waals surface area (Å²) in [5, 5.41) is 0. The number of nitrogens with two attached hydrogens (primary N) is 1. The Bertz CT molecular complexity index is 527. The number of allylic oxidation sites excluding steroid dienone is 2. The Labute approximate surface area is 141 Å². The van der Waals surface area contributed by atoms with Gasteiger partial charge in [0.25, 0.3) is 0 Å². The zero-order chi connectivity index (χ0) is 16.8. The molecule has 0 aromatic heterocycles. The summed E-state index contributed by atoms with van der Waals surface area (Å²) in [5.74, 6) is 1.92. The number of halogens is 1. The molecule has 23 heavy (non-hydrogen) atoms. The molecular formula is C21H32FN. The number of rotatable bonds is 6. The first-order valence-electron chi connectivity index (χ1n) is 9.21. The fourth-order valence-electron chi connectivity index (χ4n) is 4.14. The van der Waals surface area contributed by atoms with Gasteiger partial charge in [-0.25, -0.2) is 4.39 Å². The van der Waals surface area contributed by atoms with E-state index in [0.717, 1.165) is 30.4 Å². The summed E-state index contributed by atoms with van der Waals surface area (Å²) < 4.78 is 13.7. The summed E-state index contributed by atoms with van der Waals surface area (Å²) in [6, 6.07) is 5.16. The topological polar surface area (TPSA) is 26.0 Å². The van der Waals surface area contributed by atoms with Crippen molar-refractivity contribution in [3.05, 3.63) is 41.2 Å². The molecule has 1 aromatic carbocycles. The second-order valence-electron chi connectivity index (χ2n) is 7.17. The van der Waals surface area contributed by atoms with E-state index in [9.17, 15) is 4.39 Å². The van der Waals surface area contributed by atoms with Crippen LogP contribution in [-0.2, 0) is 0 Å². The van der Waals surface area contributed by atoms with Gasteiger partial charge in [0.15, 0.2) is 0 Å². The summed E-state index contributed by atoms with van der Waals surface area (Å²) >= 11 is 0. The van der Waals surface area contributed by atoms with Crippen molar-refractivity contribution in [2.75, 3.05) is 6.54 Å². The summed E-state index contributed by atoms with van der Waals surface area (Å²) in [7, 11) is 0. The van der Waals surface area contributed by atoms with E-state index in [1.807, 2.05) is 6.07 Å². The van der Waals surface area contributed by atoms with Crippen molar-refractivity contribution in [3.63, 3.8) is 0 Å². The fourth-order valence-corrected chi connectivity index (χ4v) is 4.14. The predicted octanol–water partition coefficient (Wildman–Crippen LogP) is 5.72. The van der Waals surface area contributed by atoms with Crippen LogP contribution < -0.4 is 5.73 Å². The smallest absolute Gasteiger partial charge is 0.123 e. The first kappa shape index (κ1) is 18.2. The zero-order valence-electron chi connectivity index (χ0n) is 14.9. The van der Waals surface area contributed by atoms with Crippen molar-refractivity contribution in [2.24, 2.45) is 23.5 Å². The lowest BCUT2D eigenvalue weighted by atomic mass is 9.75. The van der Waals surface area contributed by atoms with Gasteiger partial charge in [0.2, 0.25) is 0 Å². The molecule has 1 saturated carbocycles. The molecule has 0 bridgehead atoms. The molecule has 128 valence electrons. The van der Waals surface area contributed by atoms with Crippen molar-refractivity contribution >= 4 is 5.57 Å². The number of benzene rings is 1. The van der Waals surface area contributed by atoms with E-state index >= 15 is 0 Å². The standard InChI is InChI=1S/C21H32FN/c1-4-18(12-16-7-9-17(14-23)10-8-16)20(5-2)21-13-19(22)11-6-15(21)3/h5-6,11,13,16-18H,4,7-10,12,14,23H2,1-3H3/b20-5-. The van der Waals surface area contributed by atoms with Crippen LogP contribution in [0.3, 0.4) is 0 Å². The minimum Gasteiger partial charge on any atom is -0.330 e. The molecular weight excluding hydrogens is 285 g/mol. The maximum absolute atomic E-state index is 13.7. The van der Waals surface area contributed by atoms with Crippen LogP contribution in [-0.4, -0.2) is 6.54 Å². The molecule has 1 nitrogen and oxygen atoms in total. The molecule has 1 fully saturated rings. The largest absolute Gasteiger partial charge is 0.330 e. The van der Waals surface area contributed by atoms with E-state index in [4.69, 9.17) is 5.73 Å².